The number of rotatable bonds is 4. The van der Waals surface area contributed by atoms with E-state index in [9.17, 15) is 0 Å². The van der Waals surface area contributed by atoms with E-state index >= 15 is 0 Å². The van der Waals surface area contributed by atoms with E-state index < -0.39 is 0 Å². The van der Waals surface area contributed by atoms with Gasteiger partial charge in [-0.1, -0.05) is 18.2 Å². The number of para-hydroxylation sites is 2. The molecule has 0 N–H and O–H groups in total. The number of fused-ring (bicyclic) bond motifs is 11. The minimum atomic E-state index is 0.604. The summed E-state index contributed by atoms with van der Waals surface area (Å²) in [5, 5.41) is 2.23. The van der Waals surface area contributed by atoms with Gasteiger partial charge < -0.3 is 0 Å². The molecule has 3 aromatic heterocycles. The van der Waals surface area contributed by atoms with Crippen molar-refractivity contribution in [3.8, 4) is 62.2 Å². The van der Waals surface area contributed by atoms with Crippen LogP contribution in [0.5, 0.6) is 11.5 Å². The van der Waals surface area contributed by atoms with Crippen LogP contribution in [0.1, 0.15) is 0 Å². The molecule has 0 fully saturated rings. The number of benzene rings is 6. The second-order valence-electron chi connectivity index (χ2n) is 12.2. The standard InChI is InChI=1S/C44H26N4O.Pt/c1-2-12-30(13-3-1)46-28-43-36-17-7-6-15-34(36)33-14-4-5-16-35(33)38-23-21-31(26-41(38)47(43)29-46)49-32-22-24-39-37-18-8-9-19-40(37)48(42(39)27-32)44-20-10-11-25-45-44;/h1-25,28H;/q-2;. The van der Waals surface area contributed by atoms with Crippen LogP contribution in [0.2, 0.25) is 0 Å². The van der Waals surface area contributed by atoms with Gasteiger partial charge in [-0.3, -0.25) is 0 Å². The summed E-state index contributed by atoms with van der Waals surface area (Å²) in [7, 11) is 0. The number of hydrogen-bond donors (Lipinski definition) is 0. The van der Waals surface area contributed by atoms with E-state index in [1.165, 1.54) is 11.1 Å². The molecule has 50 heavy (non-hydrogen) atoms. The van der Waals surface area contributed by atoms with Crippen molar-refractivity contribution in [2.24, 2.45) is 0 Å². The molecule has 5 nitrogen and oxygen atoms in total. The molecular formula is C44H26N4OPt-2. The number of aromatic nitrogens is 4. The predicted molar refractivity (Wildman–Crippen MR) is 195 cm³/mol. The molecule has 0 amide bonds. The molecule has 0 atom stereocenters. The molecule has 0 saturated heterocycles. The number of nitrogens with zero attached hydrogens (tertiary/aromatic N) is 4. The van der Waals surface area contributed by atoms with Crippen molar-refractivity contribution in [2.45, 2.75) is 0 Å². The normalized spacial score (nSPS) is 11.7. The molecule has 0 spiro atoms. The van der Waals surface area contributed by atoms with Crippen LogP contribution in [0.25, 0.3) is 72.5 Å². The zero-order valence-electron chi connectivity index (χ0n) is 26.5. The third-order valence-electron chi connectivity index (χ3n) is 9.37. The topological polar surface area (TPSA) is 36.9 Å². The first-order valence-corrected chi connectivity index (χ1v) is 17.5. The van der Waals surface area contributed by atoms with Crippen LogP contribution in [0.3, 0.4) is 0 Å². The van der Waals surface area contributed by atoms with Gasteiger partial charge in [0.1, 0.15) is 0 Å². The van der Waals surface area contributed by atoms with Gasteiger partial charge in [-0.05, 0) is 6.07 Å². The molecule has 0 bridgehead atoms. The minimum absolute atomic E-state index is 0.604. The molecule has 10 rings (SSSR count). The summed E-state index contributed by atoms with van der Waals surface area (Å²) in [6.07, 6.45) is 4.05. The summed E-state index contributed by atoms with van der Waals surface area (Å²) >= 11 is 2.44. The Morgan fingerprint density at radius 2 is 1.20 bits per heavy atom. The fourth-order valence-corrected chi connectivity index (χ4v) is 8.14. The van der Waals surface area contributed by atoms with E-state index in [1.54, 1.807) is 0 Å². The van der Waals surface area contributed by atoms with Crippen molar-refractivity contribution in [3.05, 3.63) is 174 Å². The summed E-state index contributed by atoms with van der Waals surface area (Å²) in [6, 6.07) is 57.7. The van der Waals surface area contributed by atoms with Crippen molar-refractivity contribution in [1.29, 1.82) is 0 Å². The average Bonchev–Trinajstić information content (AvgIpc) is 3.69. The summed E-state index contributed by atoms with van der Waals surface area (Å²) in [6.45, 7) is 0. The third-order valence-corrected chi connectivity index (χ3v) is 10.4. The maximum absolute atomic E-state index is 6.65. The van der Waals surface area contributed by atoms with Gasteiger partial charge in [-0.2, -0.15) is 0 Å². The zero-order chi connectivity index (χ0) is 33.2. The SMILES string of the molecule is [Pt]=[c]1n(-c2ccccc2)cc2n1-c1[c-]c(Oc3[c-]c4c(cc3)c3ccccc3n4-c3ccccn3)ccc1-c1ccccc1-c1ccccc1-2. The van der Waals surface area contributed by atoms with Crippen LogP contribution in [0.15, 0.2) is 158 Å². The van der Waals surface area contributed by atoms with Gasteiger partial charge in [-0.15, -0.1) is 0 Å². The Kier molecular flexibility index (Phi) is 6.68. The van der Waals surface area contributed by atoms with Gasteiger partial charge in [0.05, 0.1) is 0 Å². The van der Waals surface area contributed by atoms with Crippen LogP contribution in [0.4, 0.5) is 0 Å². The molecule has 0 saturated carbocycles. The van der Waals surface area contributed by atoms with Gasteiger partial charge in [0, 0.05) is 6.20 Å². The second-order valence-corrected chi connectivity index (χ2v) is 13.2. The molecule has 6 heteroatoms. The molecular weight excluding hydrogens is 796 g/mol. The number of hydrogen-bond acceptors (Lipinski definition) is 2. The summed E-state index contributed by atoms with van der Waals surface area (Å²) in [4.78, 5) is 4.68. The first-order valence-electron chi connectivity index (χ1n) is 16.4. The van der Waals surface area contributed by atoms with Crippen LogP contribution in [0, 0.1) is 15.9 Å². The molecule has 240 valence electrons. The maximum atomic E-state index is 6.65. The second kappa shape index (κ2) is 11.5. The van der Waals surface area contributed by atoms with Crippen molar-refractivity contribution in [2.75, 3.05) is 0 Å². The van der Waals surface area contributed by atoms with E-state index in [0.717, 1.165) is 65.2 Å². The molecule has 0 unspecified atom stereocenters. The fraction of sp³-hybridized carbons (Fsp3) is 0. The van der Waals surface area contributed by atoms with Crippen LogP contribution < -0.4 is 4.74 Å². The van der Waals surface area contributed by atoms with Crippen molar-refractivity contribution < 1.29 is 24.1 Å². The first kappa shape index (κ1) is 28.9. The van der Waals surface area contributed by atoms with Gasteiger partial charge in [-0.25, -0.2) is 0 Å². The third kappa shape index (κ3) is 4.51. The van der Waals surface area contributed by atoms with E-state index in [2.05, 4.69) is 166 Å². The van der Waals surface area contributed by atoms with Crippen LogP contribution >= 0.6 is 0 Å². The molecule has 4 heterocycles. The summed E-state index contributed by atoms with van der Waals surface area (Å²) in [5.74, 6) is 2.04. The predicted octanol–water partition coefficient (Wildman–Crippen LogP) is 10.5. The van der Waals surface area contributed by atoms with E-state index in [1.807, 2.05) is 42.6 Å². The van der Waals surface area contributed by atoms with Gasteiger partial charge >= 0.3 is 270 Å². The molecule has 6 aromatic carbocycles. The van der Waals surface area contributed by atoms with Crippen molar-refractivity contribution >= 4 is 21.8 Å². The van der Waals surface area contributed by atoms with E-state index in [4.69, 9.17) is 4.74 Å². The van der Waals surface area contributed by atoms with Gasteiger partial charge in [0.15, 0.2) is 0 Å². The zero-order valence-corrected chi connectivity index (χ0v) is 28.8. The Hall–Kier alpha value is -6.03. The number of ether oxygens (including phenoxy) is 1. The Morgan fingerprint density at radius 1 is 0.540 bits per heavy atom. The monoisotopic (exact) mass is 821 g/mol. The molecule has 1 aliphatic heterocycles. The Balaban J connectivity index is 1.18. The molecule has 0 radical (unpaired) electrons. The summed E-state index contributed by atoms with van der Waals surface area (Å²) in [5.41, 5.74) is 10.8. The van der Waals surface area contributed by atoms with Crippen molar-refractivity contribution in [3.63, 3.8) is 0 Å². The summed E-state index contributed by atoms with van der Waals surface area (Å²) < 4.78 is 14.4. The Morgan fingerprint density at radius 3 is 2.00 bits per heavy atom. The Labute approximate surface area is 299 Å². The Bertz CT molecular complexity index is 2810. The molecule has 0 aliphatic carbocycles. The van der Waals surface area contributed by atoms with Crippen LogP contribution in [-0.4, -0.2) is 18.7 Å². The fourth-order valence-electron chi connectivity index (χ4n) is 7.17. The van der Waals surface area contributed by atoms with E-state index in [-0.39, 0.29) is 0 Å². The average molecular weight is 822 g/mol. The van der Waals surface area contributed by atoms with E-state index in [0.29, 0.717) is 11.5 Å². The van der Waals surface area contributed by atoms with Gasteiger partial charge in [0.25, 0.3) is 0 Å². The number of imidazole rings is 1. The molecule has 1 aliphatic rings. The number of pyridine rings is 1. The molecule has 9 aromatic rings. The quantitative estimate of drug-likeness (QED) is 0.166. The first-order chi connectivity index (χ1) is 24.7. The van der Waals surface area contributed by atoms with Crippen molar-refractivity contribution in [1.82, 2.24) is 18.7 Å². The van der Waals surface area contributed by atoms with Crippen LogP contribution in [-0.2, 0) is 19.4 Å². The van der Waals surface area contributed by atoms with Gasteiger partial charge in [0.2, 0.25) is 0 Å².